The molecule has 1 aromatic carbocycles. The number of hydrogen-bond acceptors (Lipinski definition) is 2. The van der Waals surface area contributed by atoms with E-state index in [2.05, 4.69) is 51.2 Å². The third-order valence-electron chi connectivity index (χ3n) is 4.42. The molecule has 0 radical (unpaired) electrons. The topological polar surface area (TPSA) is 21.3 Å². The van der Waals surface area contributed by atoms with Gasteiger partial charge in [-0.2, -0.15) is 0 Å². The minimum Gasteiger partial charge on any atom is -0.360 e. The molecule has 2 aliphatic rings. The Morgan fingerprint density at radius 1 is 1.28 bits per heavy atom. The monoisotopic (exact) mass is 245 g/mol. The molecule has 18 heavy (non-hydrogen) atoms. The number of piperidine rings is 1. The quantitative estimate of drug-likeness (QED) is 0.757. The van der Waals surface area contributed by atoms with Gasteiger partial charge in [-0.3, -0.25) is 0 Å². The summed E-state index contributed by atoms with van der Waals surface area (Å²) in [7, 11) is 0. The van der Waals surface area contributed by atoms with E-state index < -0.39 is 0 Å². The number of aryl methyl sites for hydroxylation is 1. The Bertz CT molecular complexity index is 480. The molecule has 1 unspecified atom stereocenters. The molecule has 0 amide bonds. The van der Waals surface area contributed by atoms with Crippen molar-refractivity contribution in [3.63, 3.8) is 0 Å². The molecule has 1 saturated heterocycles. The second-order valence-electron chi connectivity index (χ2n) is 6.46. The SMILES string of the molecule is Cc1ccc2c(c1)C1(CCN[C@@H](C)C1)OC2(C)C. The number of fused-ring (bicyclic) bond motifs is 2. The van der Waals surface area contributed by atoms with Gasteiger partial charge in [0.25, 0.3) is 0 Å². The van der Waals surface area contributed by atoms with Gasteiger partial charge in [0, 0.05) is 6.04 Å². The zero-order valence-electron chi connectivity index (χ0n) is 11.8. The lowest BCUT2D eigenvalue weighted by atomic mass is 9.80. The average molecular weight is 245 g/mol. The van der Waals surface area contributed by atoms with Crippen LogP contribution in [0.1, 0.15) is 50.3 Å². The van der Waals surface area contributed by atoms with Gasteiger partial charge < -0.3 is 10.1 Å². The van der Waals surface area contributed by atoms with Crippen molar-refractivity contribution in [1.29, 1.82) is 0 Å². The van der Waals surface area contributed by atoms with Gasteiger partial charge in [-0.05, 0) is 58.2 Å². The second-order valence-corrected chi connectivity index (χ2v) is 6.46. The van der Waals surface area contributed by atoms with Crippen LogP contribution in [0.25, 0.3) is 0 Å². The van der Waals surface area contributed by atoms with Crippen molar-refractivity contribution in [3.8, 4) is 0 Å². The zero-order valence-corrected chi connectivity index (χ0v) is 11.8. The highest BCUT2D eigenvalue weighted by Crippen LogP contribution is 2.52. The van der Waals surface area contributed by atoms with Crippen LogP contribution in [-0.2, 0) is 15.9 Å². The van der Waals surface area contributed by atoms with Gasteiger partial charge >= 0.3 is 0 Å². The lowest BCUT2D eigenvalue weighted by Crippen LogP contribution is -2.45. The molecule has 2 heterocycles. The summed E-state index contributed by atoms with van der Waals surface area (Å²) in [6.07, 6.45) is 2.16. The molecule has 1 fully saturated rings. The Labute approximate surface area is 110 Å². The van der Waals surface area contributed by atoms with E-state index in [1.807, 2.05) is 0 Å². The van der Waals surface area contributed by atoms with Crippen molar-refractivity contribution >= 4 is 0 Å². The van der Waals surface area contributed by atoms with E-state index in [9.17, 15) is 0 Å². The van der Waals surface area contributed by atoms with Crippen molar-refractivity contribution in [3.05, 3.63) is 34.9 Å². The molecule has 2 heteroatoms. The maximum Gasteiger partial charge on any atom is 0.0973 e. The maximum atomic E-state index is 6.53. The Hall–Kier alpha value is -0.860. The van der Waals surface area contributed by atoms with Crippen LogP contribution in [-0.4, -0.2) is 12.6 Å². The summed E-state index contributed by atoms with van der Waals surface area (Å²) in [5.74, 6) is 0. The van der Waals surface area contributed by atoms with Crippen LogP contribution < -0.4 is 5.32 Å². The number of rotatable bonds is 0. The van der Waals surface area contributed by atoms with Crippen molar-refractivity contribution in [1.82, 2.24) is 5.32 Å². The van der Waals surface area contributed by atoms with E-state index in [0.717, 1.165) is 19.4 Å². The largest absolute Gasteiger partial charge is 0.360 e. The first-order chi connectivity index (χ1) is 8.43. The lowest BCUT2D eigenvalue weighted by Gasteiger charge is -2.39. The van der Waals surface area contributed by atoms with Crippen molar-refractivity contribution in [2.45, 2.75) is 57.8 Å². The van der Waals surface area contributed by atoms with Crippen LogP contribution in [0.2, 0.25) is 0 Å². The predicted molar refractivity (Wildman–Crippen MR) is 73.7 cm³/mol. The van der Waals surface area contributed by atoms with Gasteiger partial charge in [-0.1, -0.05) is 23.8 Å². The normalized spacial score (nSPS) is 33.7. The van der Waals surface area contributed by atoms with E-state index in [0.29, 0.717) is 6.04 Å². The highest BCUT2D eigenvalue weighted by Gasteiger charge is 2.50. The van der Waals surface area contributed by atoms with Gasteiger partial charge in [-0.25, -0.2) is 0 Å². The van der Waals surface area contributed by atoms with Crippen LogP contribution in [0.5, 0.6) is 0 Å². The van der Waals surface area contributed by atoms with Gasteiger partial charge in [0.1, 0.15) is 0 Å². The summed E-state index contributed by atoms with van der Waals surface area (Å²) in [4.78, 5) is 0. The molecule has 0 bridgehead atoms. The second kappa shape index (κ2) is 3.82. The minimum atomic E-state index is -0.153. The summed E-state index contributed by atoms with van der Waals surface area (Å²) in [6, 6.07) is 7.32. The third-order valence-corrected chi connectivity index (χ3v) is 4.42. The molecule has 2 nitrogen and oxygen atoms in total. The van der Waals surface area contributed by atoms with Gasteiger partial charge in [0.2, 0.25) is 0 Å². The van der Waals surface area contributed by atoms with E-state index in [4.69, 9.17) is 4.74 Å². The first-order valence-corrected chi connectivity index (χ1v) is 6.98. The standard InChI is InChI=1S/C16H23NO/c1-11-5-6-13-14(9-11)16(18-15(13,3)4)7-8-17-12(2)10-16/h5-6,9,12,17H,7-8,10H2,1-4H3/t12-,16?/m0/s1. The number of nitrogens with one attached hydrogen (secondary N) is 1. The maximum absolute atomic E-state index is 6.53. The van der Waals surface area contributed by atoms with E-state index in [1.54, 1.807) is 0 Å². The Kier molecular flexibility index (Phi) is 2.58. The van der Waals surface area contributed by atoms with Crippen LogP contribution >= 0.6 is 0 Å². The molecule has 0 aromatic heterocycles. The molecule has 3 rings (SSSR count). The van der Waals surface area contributed by atoms with E-state index in [1.165, 1.54) is 16.7 Å². The summed E-state index contributed by atoms with van der Waals surface area (Å²) in [5, 5.41) is 3.53. The summed E-state index contributed by atoms with van der Waals surface area (Å²) < 4.78 is 6.53. The lowest BCUT2D eigenvalue weighted by molar-refractivity contribution is -0.144. The molecule has 2 atom stereocenters. The fourth-order valence-electron chi connectivity index (χ4n) is 3.69. The Morgan fingerprint density at radius 3 is 2.78 bits per heavy atom. The van der Waals surface area contributed by atoms with E-state index in [-0.39, 0.29) is 11.2 Å². The predicted octanol–water partition coefficient (Wildman–Crippen LogP) is 3.23. The fraction of sp³-hybridized carbons (Fsp3) is 0.625. The summed E-state index contributed by atoms with van der Waals surface area (Å²) >= 11 is 0. The molecule has 98 valence electrons. The molecular weight excluding hydrogens is 222 g/mol. The van der Waals surface area contributed by atoms with E-state index >= 15 is 0 Å². The first-order valence-electron chi connectivity index (χ1n) is 6.98. The highest BCUT2D eigenvalue weighted by atomic mass is 16.5. The van der Waals surface area contributed by atoms with Crippen LogP contribution in [0.4, 0.5) is 0 Å². The molecule has 1 aromatic rings. The zero-order chi connectivity index (χ0) is 13.0. The van der Waals surface area contributed by atoms with Crippen molar-refractivity contribution < 1.29 is 4.74 Å². The third kappa shape index (κ3) is 1.70. The van der Waals surface area contributed by atoms with Gasteiger partial charge in [0.15, 0.2) is 0 Å². The van der Waals surface area contributed by atoms with Gasteiger partial charge in [0.05, 0.1) is 11.2 Å². The van der Waals surface area contributed by atoms with Crippen molar-refractivity contribution in [2.24, 2.45) is 0 Å². The number of ether oxygens (including phenoxy) is 1. The van der Waals surface area contributed by atoms with Crippen molar-refractivity contribution in [2.75, 3.05) is 6.54 Å². The summed E-state index contributed by atoms with van der Waals surface area (Å²) in [5.41, 5.74) is 3.93. The van der Waals surface area contributed by atoms with Crippen LogP contribution in [0.15, 0.2) is 18.2 Å². The van der Waals surface area contributed by atoms with Gasteiger partial charge in [-0.15, -0.1) is 0 Å². The van der Waals surface area contributed by atoms with Crippen LogP contribution in [0, 0.1) is 6.92 Å². The Morgan fingerprint density at radius 2 is 2.06 bits per heavy atom. The molecule has 1 spiro atoms. The molecule has 1 N–H and O–H groups in total. The smallest absolute Gasteiger partial charge is 0.0973 e. The fourth-order valence-corrected chi connectivity index (χ4v) is 3.69. The molecule has 2 aliphatic heterocycles. The minimum absolute atomic E-state index is 0.0600. The number of hydrogen-bond donors (Lipinski definition) is 1. The molecule has 0 aliphatic carbocycles. The first kappa shape index (κ1) is 12.2. The summed E-state index contributed by atoms with van der Waals surface area (Å²) in [6.45, 7) is 9.87. The average Bonchev–Trinajstić information content (AvgIpc) is 2.46. The molecule has 0 saturated carbocycles. The highest BCUT2D eigenvalue weighted by molar-refractivity contribution is 5.43. The van der Waals surface area contributed by atoms with Crippen LogP contribution in [0.3, 0.4) is 0 Å². The number of benzene rings is 1. The molecular formula is C16H23NO. The Balaban J connectivity index is 2.12.